The lowest BCUT2D eigenvalue weighted by Crippen LogP contribution is -2.30. The number of rotatable bonds is 3. The summed E-state index contributed by atoms with van der Waals surface area (Å²) < 4.78 is 11.0. The SMILES string of the molecule is COC(=O)C1=C(N)Oc2c(c(=O)sc3ccccc23)[C@H]1c1ccc([N+](=O)[O-])cc1. The Hall–Kier alpha value is -3.72. The van der Waals surface area contributed by atoms with Crippen LogP contribution < -0.4 is 15.2 Å². The third kappa shape index (κ3) is 3.01. The number of esters is 1. The van der Waals surface area contributed by atoms with Crippen LogP contribution >= 0.6 is 11.3 Å². The molecule has 9 heteroatoms. The van der Waals surface area contributed by atoms with Crippen molar-refractivity contribution in [2.24, 2.45) is 5.73 Å². The number of non-ortho nitro benzene ring substituents is 1. The minimum Gasteiger partial charge on any atom is -0.465 e. The lowest BCUT2D eigenvalue weighted by molar-refractivity contribution is -0.384. The highest BCUT2D eigenvalue weighted by Crippen LogP contribution is 2.44. The second-order valence-electron chi connectivity index (χ2n) is 6.28. The van der Waals surface area contributed by atoms with Crippen LogP contribution in [0.1, 0.15) is 17.0 Å². The maximum atomic E-state index is 13.0. The number of benzene rings is 2. The summed E-state index contributed by atoms with van der Waals surface area (Å²) in [6, 6.07) is 12.8. The third-order valence-electron chi connectivity index (χ3n) is 4.70. The van der Waals surface area contributed by atoms with Crippen molar-refractivity contribution in [3.63, 3.8) is 0 Å². The lowest BCUT2D eigenvalue weighted by atomic mass is 9.83. The Morgan fingerprint density at radius 1 is 1.21 bits per heavy atom. The Morgan fingerprint density at radius 3 is 2.55 bits per heavy atom. The van der Waals surface area contributed by atoms with Gasteiger partial charge in [0.25, 0.3) is 5.69 Å². The molecule has 2 heterocycles. The number of carbonyl (C=O) groups is 1. The average molecular weight is 410 g/mol. The third-order valence-corrected chi connectivity index (χ3v) is 5.68. The van der Waals surface area contributed by atoms with Gasteiger partial charge in [-0.1, -0.05) is 35.6 Å². The number of nitro groups is 1. The van der Waals surface area contributed by atoms with Gasteiger partial charge in [0.1, 0.15) is 11.3 Å². The number of hydrogen-bond acceptors (Lipinski definition) is 8. The van der Waals surface area contributed by atoms with Crippen LogP contribution in [0.15, 0.2) is 64.8 Å². The summed E-state index contributed by atoms with van der Waals surface area (Å²) in [5, 5.41) is 11.7. The molecule has 0 spiro atoms. The Kier molecular flexibility index (Phi) is 4.51. The van der Waals surface area contributed by atoms with Crippen molar-refractivity contribution in [2.45, 2.75) is 5.92 Å². The molecule has 1 aliphatic heterocycles. The molecule has 0 unspecified atom stereocenters. The summed E-state index contributed by atoms with van der Waals surface area (Å²) in [5.41, 5.74) is 6.67. The first-order chi connectivity index (χ1) is 13.9. The van der Waals surface area contributed by atoms with Crippen LogP contribution in [-0.4, -0.2) is 18.0 Å². The summed E-state index contributed by atoms with van der Waals surface area (Å²) in [6.07, 6.45) is 0. The van der Waals surface area contributed by atoms with Crippen molar-refractivity contribution in [2.75, 3.05) is 7.11 Å². The van der Waals surface area contributed by atoms with Gasteiger partial charge in [-0.25, -0.2) is 4.79 Å². The first-order valence-corrected chi connectivity index (χ1v) is 9.30. The second-order valence-corrected chi connectivity index (χ2v) is 7.30. The maximum absolute atomic E-state index is 13.0. The molecule has 3 aromatic rings. The zero-order valence-electron chi connectivity index (χ0n) is 15.1. The average Bonchev–Trinajstić information content (AvgIpc) is 2.72. The van der Waals surface area contributed by atoms with E-state index in [0.29, 0.717) is 15.6 Å². The quantitative estimate of drug-likeness (QED) is 0.400. The summed E-state index contributed by atoms with van der Waals surface area (Å²) >= 11 is 1.03. The first-order valence-electron chi connectivity index (χ1n) is 8.48. The van der Waals surface area contributed by atoms with Gasteiger partial charge in [0, 0.05) is 22.2 Å². The predicted molar refractivity (Wildman–Crippen MR) is 107 cm³/mol. The van der Waals surface area contributed by atoms with Gasteiger partial charge >= 0.3 is 5.97 Å². The molecule has 8 nitrogen and oxygen atoms in total. The van der Waals surface area contributed by atoms with Gasteiger partial charge in [-0.3, -0.25) is 14.9 Å². The summed E-state index contributed by atoms with van der Waals surface area (Å²) in [6.45, 7) is 0. The molecule has 0 saturated heterocycles. The van der Waals surface area contributed by atoms with Crippen LogP contribution in [-0.2, 0) is 9.53 Å². The molecular weight excluding hydrogens is 396 g/mol. The fourth-order valence-corrected chi connectivity index (χ4v) is 4.33. The van der Waals surface area contributed by atoms with Gasteiger partial charge < -0.3 is 15.2 Å². The number of nitrogens with zero attached hydrogens (tertiary/aromatic N) is 1. The molecular formula is C20H14N2O6S. The van der Waals surface area contributed by atoms with E-state index in [2.05, 4.69) is 0 Å². The summed E-state index contributed by atoms with van der Waals surface area (Å²) in [4.78, 5) is 36.0. The number of fused-ring (bicyclic) bond motifs is 3. The molecule has 0 aliphatic carbocycles. The topological polar surface area (TPSA) is 122 Å². The highest BCUT2D eigenvalue weighted by molar-refractivity contribution is 7.16. The van der Waals surface area contributed by atoms with Crippen molar-refractivity contribution < 1.29 is 19.2 Å². The zero-order chi connectivity index (χ0) is 20.7. The van der Waals surface area contributed by atoms with E-state index >= 15 is 0 Å². The van der Waals surface area contributed by atoms with Crippen molar-refractivity contribution in [3.8, 4) is 5.75 Å². The Balaban J connectivity index is 2.02. The van der Waals surface area contributed by atoms with Crippen LogP contribution in [0.4, 0.5) is 5.69 Å². The number of carbonyl (C=O) groups excluding carboxylic acids is 1. The molecule has 0 amide bonds. The van der Waals surface area contributed by atoms with Gasteiger partial charge in [-0.05, 0) is 17.7 Å². The van der Waals surface area contributed by atoms with Crippen LogP contribution in [0.2, 0.25) is 0 Å². The minimum atomic E-state index is -0.875. The van der Waals surface area contributed by atoms with Gasteiger partial charge in [0.15, 0.2) is 0 Å². The van der Waals surface area contributed by atoms with Crippen LogP contribution in [0.5, 0.6) is 5.75 Å². The minimum absolute atomic E-state index is 0.0200. The van der Waals surface area contributed by atoms with E-state index < -0.39 is 16.8 Å². The number of methoxy groups -OCH3 is 1. The molecule has 0 fully saturated rings. The Morgan fingerprint density at radius 2 is 1.90 bits per heavy atom. The molecule has 4 rings (SSSR count). The standard InChI is InChI=1S/C20H14N2O6S/c1-27-19(23)16-14(10-6-8-11(9-7-10)22(25)26)15-17(28-18(16)21)12-4-2-3-5-13(12)29-20(15)24/h2-9,14H,21H2,1H3/t14-/m1/s1. The van der Waals surface area contributed by atoms with Gasteiger partial charge in [0.2, 0.25) is 10.6 Å². The maximum Gasteiger partial charge on any atom is 0.340 e. The van der Waals surface area contributed by atoms with E-state index in [4.69, 9.17) is 15.2 Å². The highest BCUT2D eigenvalue weighted by atomic mass is 32.1. The zero-order valence-corrected chi connectivity index (χ0v) is 15.9. The van der Waals surface area contributed by atoms with Crippen molar-refractivity contribution >= 4 is 33.1 Å². The van der Waals surface area contributed by atoms with E-state index in [1.807, 2.05) is 0 Å². The number of hydrogen-bond donors (Lipinski definition) is 1. The van der Waals surface area contributed by atoms with Crippen LogP contribution in [0, 0.1) is 10.1 Å². The molecule has 2 N–H and O–H groups in total. The normalized spacial score (nSPS) is 15.6. The van der Waals surface area contributed by atoms with E-state index in [-0.39, 0.29) is 33.2 Å². The van der Waals surface area contributed by atoms with E-state index in [1.54, 1.807) is 24.3 Å². The van der Waals surface area contributed by atoms with E-state index in [1.165, 1.54) is 31.4 Å². The summed E-state index contributed by atoms with van der Waals surface area (Å²) in [5.74, 6) is -1.51. The molecule has 0 radical (unpaired) electrons. The molecule has 0 saturated carbocycles. The largest absolute Gasteiger partial charge is 0.465 e. The Labute approximate surface area is 167 Å². The lowest BCUT2D eigenvalue weighted by Gasteiger charge is -2.28. The molecule has 1 atom stereocenters. The van der Waals surface area contributed by atoms with Crippen molar-refractivity contribution in [3.05, 3.63) is 90.8 Å². The van der Waals surface area contributed by atoms with E-state index in [9.17, 15) is 19.7 Å². The number of nitro benzene ring substituents is 1. The summed E-state index contributed by atoms with van der Waals surface area (Å²) in [7, 11) is 1.20. The van der Waals surface area contributed by atoms with Gasteiger partial charge in [0.05, 0.1) is 23.5 Å². The fraction of sp³-hybridized carbons (Fsp3) is 0.100. The van der Waals surface area contributed by atoms with Crippen LogP contribution in [0.3, 0.4) is 0 Å². The first kappa shape index (κ1) is 18.6. The van der Waals surface area contributed by atoms with Crippen molar-refractivity contribution in [1.29, 1.82) is 0 Å². The van der Waals surface area contributed by atoms with Gasteiger partial charge in [-0.2, -0.15) is 0 Å². The molecule has 29 heavy (non-hydrogen) atoms. The predicted octanol–water partition coefficient (Wildman–Crippen LogP) is 3.04. The van der Waals surface area contributed by atoms with E-state index in [0.717, 1.165) is 11.3 Å². The van der Waals surface area contributed by atoms with Crippen molar-refractivity contribution in [1.82, 2.24) is 0 Å². The molecule has 1 aliphatic rings. The monoisotopic (exact) mass is 410 g/mol. The molecule has 146 valence electrons. The number of ether oxygens (including phenoxy) is 2. The number of nitrogens with two attached hydrogens (primary N) is 1. The molecule has 2 aromatic carbocycles. The molecule has 1 aromatic heterocycles. The fourth-order valence-electron chi connectivity index (χ4n) is 3.40. The highest BCUT2D eigenvalue weighted by Gasteiger charge is 2.38. The molecule has 0 bridgehead atoms. The smallest absolute Gasteiger partial charge is 0.340 e. The van der Waals surface area contributed by atoms with Crippen LogP contribution in [0.25, 0.3) is 10.1 Å². The Bertz CT molecular complexity index is 1250. The second kappa shape index (κ2) is 7.02. The van der Waals surface area contributed by atoms with Gasteiger partial charge in [-0.15, -0.1) is 0 Å².